The molecule has 1 aromatic heterocycles. The van der Waals surface area contributed by atoms with E-state index in [2.05, 4.69) is 29.8 Å². The number of aliphatic hydroxyl groups is 1. The zero-order valence-corrected chi connectivity index (χ0v) is 13.1. The molecule has 21 heavy (non-hydrogen) atoms. The van der Waals surface area contributed by atoms with Crippen molar-refractivity contribution < 1.29 is 9.84 Å². The molecular formula is C17H26N2O2. The first-order valence-corrected chi connectivity index (χ1v) is 8.11. The van der Waals surface area contributed by atoms with Crippen molar-refractivity contribution in [3.63, 3.8) is 0 Å². The van der Waals surface area contributed by atoms with Gasteiger partial charge in [-0.25, -0.2) is 0 Å². The molecule has 0 bridgehead atoms. The second-order valence-electron chi connectivity index (χ2n) is 6.45. The third kappa shape index (κ3) is 2.60. The van der Waals surface area contributed by atoms with Gasteiger partial charge in [-0.2, -0.15) is 0 Å². The molecule has 1 fully saturated rings. The molecule has 2 aliphatic rings. The number of rotatable bonds is 4. The van der Waals surface area contributed by atoms with Gasteiger partial charge in [-0.15, -0.1) is 0 Å². The van der Waals surface area contributed by atoms with E-state index < -0.39 is 0 Å². The van der Waals surface area contributed by atoms with Gasteiger partial charge in [0.15, 0.2) is 0 Å². The van der Waals surface area contributed by atoms with Crippen LogP contribution in [0.15, 0.2) is 18.3 Å². The van der Waals surface area contributed by atoms with Gasteiger partial charge in [0.2, 0.25) is 0 Å². The third-order valence-electron chi connectivity index (χ3n) is 5.47. The first-order chi connectivity index (χ1) is 10.2. The molecule has 3 rings (SSSR count). The molecule has 1 aliphatic carbocycles. The number of hydrogen-bond donors (Lipinski definition) is 1. The van der Waals surface area contributed by atoms with Crippen LogP contribution < -0.4 is 0 Å². The highest BCUT2D eigenvalue weighted by Gasteiger charge is 2.44. The highest BCUT2D eigenvalue weighted by atomic mass is 16.5. The maximum atomic E-state index is 11.1. The monoisotopic (exact) mass is 290 g/mol. The fourth-order valence-electron chi connectivity index (χ4n) is 3.88. The number of aryl methyl sites for hydroxylation is 1. The zero-order chi connectivity index (χ0) is 14.9. The molecule has 0 saturated carbocycles. The molecule has 0 spiro atoms. The van der Waals surface area contributed by atoms with Crippen molar-refractivity contribution in [2.45, 2.75) is 50.7 Å². The Morgan fingerprint density at radius 1 is 1.48 bits per heavy atom. The Balaban J connectivity index is 1.84. The maximum absolute atomic E-state index is 11.1. The molecular weight excluding hydrogens is 264 g/mol. The second kappa shape index (κ2) is 6.03. The van der Waals surface area contributed by atoms with Gasteiger partial charge in [0, 0.05) is 36.4 Å². The minimum atomic E-state index is -0.378. The van der Waals surface area contributed by atoms with Crippen molar-refractivity contribution >= 4 is 0 Å². The van der Waals surface area contributed by atoms with Crippen LogP contribution in [0.5, 0.6) is 0 Å². The summed E-state index contributed by atoms with van der Waals surface area (Å²) in [6.45, 7) is 7.72. The van der Waals surface area contributed by atoms with Crippen molar-refractivity contribution in [2.75, 3.05) is 26.3 Å². The van der Waals surface area contributed by atoms with Crippen LogP contribution in [0.4, 0.5) is 0 Å². The van der Waals surface area contributed by atoms with Crippen LogP contribution in [0.25, 0.3) is 0 Å². The summed E-state index contributed by atoms with van der Waals surface area (Å²) in [5.74, 6) is 0.161. The summed E-state index contributed by atoms with van der Waals surface area (Å²) in [5, 5.41) is 11.1. The summed E-state index contributed by atoms with van der Waals surface area (Å²) in [7, 11) is 0. The maximum Gasteiger partial charge on any atom is 0.0804 e. The van der Waals surface area contributed by atoms with E-state index in [1.165, 1.54) is 5.56 Å². The fourth-order valence-corrected chi connectivity index (χ4v) is 3.88. The number of pyridine rings is 1. The molecule has 0 amide bonds. The lowest BCUT2D eigenvalue weighted by Crippen LogP contribution is -2.59. The lowest BCUT2D eigenvalue weighted by atomic mass is 9.80. The van der Waals surface area contributed by atoms with Crippen LogP contribution in [0.2, 0.25) is 0 Å². The van der Waals surface area contributed by atoms with Crippen molar-refractivity contribution in [3.8, 4) is 0 Å². The van der Waals surface area contributed by atoms with Gasteiger partial charge in [0.1, 0.15) is 0 Å². The van der Waals surface area contributed by atoms with Gasteiger partial charge < -0.3 is 9.84 Å². The Bertz CT molecular complexity index is 487. The molecule has 3 atom stereocenters. The molecule has 0 aromatic carbocycles. The summed E-state index contributed by atoms with van der Waals surface area (Å²) in [6, 6.07) is 4.14. The SMILES string of the molecule is CCC(C)(C(O)C1CCc2cccnc21)N1CCOCC1. The Morgan fingerprint density at radius 3 is 2.95 bits per heavy atom. The van der Waals surface area contributed by atoms with E-state index in [9.17, 15) is 5.11 Å². The lowest BCUT2D eigenvalue weighted by molar-refractivity contribution is -0.0801. The molecule has 116 valence electrons. The molecule has 1 N–H and O–H groups in total. The van der Waals surface area contributed by atoms with Crippen molar-refractivity contribution in [1.29, 1.82) is 0 Å². The third-order valence-corrected chi connectivity index (χ3v) is 5.47. The highest BCUT2D eigenvalue weighted by Crippen LogP contribution is 2.40. The van der Waals surface area contributed by atoms with Gasteiger partial charge in [-0.1, -0.05) is 13.0 Å². The van der Waals surface area contributed by atoms with Crippen LogP contribution in [-0.4, -0.2) is 52.9 Å². The van der Waals surface area contributed by atoms with Crippen molar-refractivity contribution in [2.24, 2.45) is 0 Å². The fraction of sp³-hybridized carbons (Fsp3) is 0.706. The molecule has 1 saturated heterocycles. The standard InChI is InChI=1S/C17H26N2O2/c1-3-17(2,19-9-11-21-12-10-19)16(20)14-7-6-13-5-4-8-18-15(13)14/h4-5,8,14,16,20H,3,6-7,9-12H2,1-2H3. The number of aromatic nitrogens is 1. The number of ether oxygens (including phenoxy) is 1. The van der Waals surface area contributed by atoms with E-state index >= 15 is 0 Å². The number of nitrogens with zero attached hydrogens (tertiary/aromatic N) is 2. The van der Waals surface area contributed by atoms with Crippen LogP contribution in [0, 0.1) is 0 Å². The number of fused-ring (bicyclic) bond motifs is 1. The van der Waals surface area contributed by atoms with Gasteiger partial charge >= 0.3 is 0 Å². The Morgan fingerprint density at radius 2 is 2.24 bits per heavy atom. The van der Waals surface area contributed by atoms with Crippen molar-refractivity contribution in [1.82, 2.24) is 9.88 Å². The van der Waals surface area contributed by atoms with E-state index in [-0.39, 0.29) is 17.6 Å². The van der Waals surface area contributed by atoms with Crippen LogP contribution >= 0.6 is 0 Å². The number of aliphatic hydroxyl groups excluding tert-OH is 1. The van der Waals surface area contributed by atoms with E-state index in [4.69, 9.17) is 4.74 Å². The van der Waals surface area contributed by atoms with Gasteiger partial charge in [0.25, 0.3) is 0 Å². The van der Waals surface area contributed by atoms with Gasteiger partial charge in [-0.05, 0) is 37.8 Å². The number of hydrogen-bond acceptors (Lipinski definition) is 4. The largest absolute Gasteiger partial charge is 0.391 e. The summed E-state index contributed by atoms with van der Waals surface area (Å²) < 4.78 is 5.47. The molecule has 4 heteroatoms. The minimum Gasteiger partial charge on any atom is -0.391 e. The Labute approximate surface area is 127 Å². The molecule has 3 unspecified atom stereocenters. The predicted octanol–water partition coefficient (Wildman–Crippen LogP) is 1.97. The minimum absolute atomic E-state index is 0.161. The molecule has 1 aliphatic heterocycles. The van der Waals surface area contributed by atoms with E-state index in [1.54, 1.807) is 0 Å². The number of morpholine rings is 1. The second-order valence-corrected chi connectivity index (χ2v) is 6.45. The lowest BCUT2D eigenvalue weighted by Gasteiger charge is -2.47. The summed E-state index contributed by atoms with van der Waals surface area (Å²) >= 11 is 0. The first-order valence-electron chi connectivity index (χ1n) is 8.11. The molecule has 1 aromatic rings. The van der Waals surface area contributed by atoms with Gasteiger partial charge in [-0.3, -0.25) is 9.88 Å². The van der Waals surface area contributed by atoms with Crippen LogP contribution in [0.1, 0.15) is 43.9 Å². The zero-order valence-electron chi connectivity index (χ0n) is 13.1. The van der Waals surface area contributed by atoms with E-state index in [0.29, 0.717) is 0 Å². The summed E-state index contributed by atoms with van der Waals surface area (Å²) in [5.41, 5.74) is 2.22. The Hall–Kier alpha value is -0.970. The summed E-state index contributed by atoms with van der Waals surface area (Å²) in [6.07, 6.45) is 4.45. The highest BCUT2D eigenvalue weighted by molar-refractivity contribution is 5.30. The van der Waals surface area contributed by atoms with Gasteiger partial charge in [0.05, 0.1) is 19.3 Å². The topological polar surface area (TPSA) is 45.6 Å². The van der Waals surface area contributed by atoms with E-state index in [0.717, 1.165) is 51.3 Å². The molecule has 2 heterocycles. The quantitative estimate of drug-likeness (QED) is 0.921. The predicted molar refractivity (Wildman–Crippen MR) is 82.4 cm³/mol. The van der Waals surface area contributed by atoms with Crippen molar-refractivity contribution in [3.05, 3.63) is 29.6 Å². The normalized spacial score (nSPS) is 27.1. The summed E-state index contributed by atoms with van der Waals surface area (Å²) in [4.78, 5) is 6.96. The Kier molecular flexibility index (Phi) is 4.29. The van der Waals surface area contributed by atoms with Crippen LogP contribution in [-0.2, 0) is 11.2 Å². The first kappa shape index (κ1) is 14.9. The average molecular weight is 290 g/mol. The molecule has 4 nitrogen and oxygen atoms in total. The average Bonchev–Trinajstić information content (AvgIpc) is 2.98. The van der Waals surface area contributed by atoms with Crippen LogP contribution in [0.3, 0.4) is 0 Å². The van der Waals surface area contributed by atoms with E-state index in [1.807, 2.05) is 12.3 Å². The smallest absolute Gasteiger partial charge is 0.0804 e. The molecule has 0 radical (unpaired) electrons.